The number of anilines is 1. The highest BCUT2D eigenvalue weighted by Gasteiger charge is 2.34. The maximum absolute atomic E-state index is 4.67. The Morgan fingerprint density at radius 2 is 1.86 bits per heavy atom. The van der Waals surface area contributed by atoms with Gasteiger partial charge in [0.05, 0.1) is 17.2 Å². The van der Waals surface area contributed by atoms with Crippen molar-refractivity contribution in [2.45, 2.75) is 46.0 Å². The summed E-state index contributed by atoms with van der Waals surface area (Å²) in [5, 5.41) is 3.55. The van der Waals surface area contributed by atoms with Crippen LogP contribution in [0.15, 0.2) is 30.5 Å². The number of hydrogen-bond donors (Lipinski definition) is 1. The number of para-hydroxylation sites is 2. The summed E-state index contributed by atoms with van der Waals surface area (Å²) in [7, 11) is 0. The van der Waals surface area contributed by atoms with E-state index in [1.165, 1.54) is 32.1 Å². The van der Waals surface area contributed by atoms with E-state index >= 15 is 0 Å². The van der Waals surface area contributed by atoms with Crippen molar-refractivity contribution < 1.29 is 0 Å². The third-order valence-corrected chi connectivity index (χ3v) is 4.60. The third-order valence-electron chi connectivity index (χ3n) is 4.60. The highest BCUT2D eigenvalue weighted by Crippen LogP contribution is 2.43. The first-order valence-corrected chi connectivity index (χ1v) is 8.13. The number of nitrogens with zero attached hydrogens (tertiary/aromatic N) is 2. The van der Waals surface area contributed by atoms with Crippen LogP contribution in [0.25, 0.3) is 11.0 Å². The molecule has 0 unspecified atom stereocenters. The molecular formula is C18H25N3. The summed E-state index contributed by atoms with van der Waals surface area (Å²) in [6, 6.07) is 8.04. The lowest BCUT2D eigenvalue weighted by atomic mass is 9.78. The monoisotopic (exact) mass is 283 g/mol. The molecule has 0 atom stereocenters. The van der Waals surface area contributed by atoms with Crippen molar-refractivity contribution >= 4 is 16.9 Å². The number of fused-ring (bicyclic) bond motifs is 1. The van der Waals surface area contributed by atoms with Gasteiger partial charge in [-0.25, -0.2) is 4.98 Å². The summed E-state index contributed by atoms with van der Waals surface area (Å²) in [6.07, 6.45) is 8.61. The minimum Gasteiger partial charge on any atom is -0.368 e. The number of nitrogens with one attached hydrogen (secondary N) is 1. The van der Waals surface area contributed by atoms with Gasteiger partial charge in [-0.15, -0.1) is 0 Å². The Kier molecular flexibility index (Phi) is 4.09. The molecule has 3 rings (SSSR count). The minimum atomic E-state index is 0.460. The van der Waals surface area contributed by atoms with Crippen LogP contribution >= 0.6 is 0 Å². The lowest BCUT2D eigenvalue weighted by molar-refractivity contribution is 0.252. The second-order valence-corrected chi connectivity index (χ2v) is 6.90. The van der Waals surface area contributed by atoms with Gasteiger partial charge in [0.2, 0.25) is 0 Å². The second-order valence-electron chi connectivity index (χ2n) is 6.90. The Morgan fingerprint density at radius 1 is 1.14 bits per heavy atom. The van der Waals surface area contributed by atoms with Crippen LogP contribution in [0.1, 0.15) is 46.0 Å². The molecule has 21 heavy (non-hydrogen) atoms. The summed E-state index contributed by atoms with van der Waals surface area (Å²) >= 11 is 0. The van der Waals surface area contributed by atoms with Crippen LogP contribution in [0.3, 0.4) is 0 Å². The fourth-order valence-corrected chi connectivity index (χ4v) is 3.76. The molecule has 1 aromatic heterocycles. The lowest BCUT2D eigenvalue weighted by Gasteiger charge is -2.31. The van der Waals surface area contributed by atoms with Gasteiger partial charge in [-0.2, -0.15) is 0 Å². The highest BCUT2D eigenvalue weighted by molar-refractivity contribution is 5.75. The third kappa shape index (κ3) is 3.34. The van der Waals surface area contributed by atoms with E-state index in [1.54, 1.807) is 0 Å². The van der Waals surface area contributed by atoms with E-state index in [1.807, 2.05) is 30.5 Å². The summed E-state index contributed by atoms with van der Waals surface area (Å²) < 4.78 is 0. The van der Waals surface area contributed by atoms with E-state index in [0.717, 1.165) is 29.3 Å². The molecule has 0 bridgehead atoms. The van der Waals surface area contributed by atoms with E-state index < -0.39 is 0 Å². The zero-order valence-corrected chi connectivity index (χ0v) is 13.1. The molecule has 0 spiro atoms. The molecule has 0 aliphatic heterocycles. The van der Waals surface area contributed by atoms with E-state index in [4.69, 9.17) is 0 Å². The van der Waals surface area contributed by atoms with Gasteiger partial charge in [0.15, 0.2) is 0 Å². The van der Waals surface area contributed by atoms with Crippen LogP contribution in [0.4, 0.5) is 5.82 Å². The topological polar surface area (TPSA) is 37.8 Å². The number of hydrogen-bond acceptors (Lipinski definition) is 3. The van der Waals surface area contributed by atoms with Gasteiger partial charge in [0.25, 0.3) is 0 Å². The van der Waals surface area contributed by atoms with E-state index in [-0.39, 0.29) is 0 Å². The van der Waals surface area contributed by atoms with Crippen molar-refractivity contribution in [2.75, 3.05) is 11.9 Å². The SMILES string of the molecule is CC(C)CC1(CNc2cnc3ccccc3n2)CCCC1. The van der Waals surface area contributed by atoms with Crippen LogP contribution in [-0.4, -0.2) is 16.5 Å². The van der Waals surface area contributed by atoms with Gasteiger partial charge in [-0.3, -0.25) is 4.98 Å². The van der Waals surface area contributed by atoms with Crippen LogP contribution < -0.4 is 5.32 Å². The molecule has 1 aliphatic rings. The average molecular weight is 283 g/mol. The first-order chi connectivity index (χ1) is 10.2. The number of rotatable bonds is 5. The first-order valence-electron chi connectivity index (χ1n) is 8.13. The van der Waals surface area contributed by atoms with E-state index in [2.05, 4.69) is 29.1 Å². The van der Waals surface area contributed by atoms with Crippen LogP contribution in [-0.2, 0) is 0 Å². The van der Waals surface area contributed by atoms with Crippen molar-refractivity contribution in [1.82, 2.24) is 9.97 Å². The van der Waals surface area contributed by atoms with Crippen molar-refractivity contribution in [2.24, 2.45) is 11.3 Å². The first kappa shape index (κ1) is 14.3. The van der Waals surface area contributed by atoms with Crippen molar-refractivity contribution in [3.63, 3.8) is 0 Å². The molecule has 1 saturated carbocycles. The molecule has 1 N–H and O–H groups in total. The van der Waals surface area contributed by atoms with E-state index in [9.17, 15) is 0 Å². The maximum Gasteiger partial charge on any atom is 0.145 e. The van der Waals surface area contributed by atoms with Gasteiger partial charge in [-0.1, -0.05) is 38.8 Å². The van der Waals surface area contributed by atoms with Gasteiger partial charge in [0.1, 0.15) is 5.82 Å². The van der Waals surface area contributed by atoms with E-state index in [0.29, 0.717) is 5.41 Å². The summed E-state index contributed by atoms with van der Waals surface area (Å²) in [5.41, 5.74) is 2.38. The second kappa shape index (κ2) is 6.00. The number of benzene rings is 1. The van der Waals surface area contributed by atoms with Crippen molar-refractivity contribution in [3.05, 3.63) is 30.5 Å². The molecule has 1 aliphatic carbocycles. The predicted molar refractivity (Wildman–Crippen MR) is 88.4 cm³/mol. The lowest BCUT2D eigenvalue weighted by Crippen LogP contribution is -2.28. The normalized spacial score (nSPS) is 17.5. The molecule has 0 radical (unpaired) electrons. The molecule has 112 valence electrons. The molecule has 3 heteroatoms. The fraction of sp³-hybridized carbons (Fsp3) is 0.556. The Labute approximate surface area is 127 Å². The smallest absolute Gasteiger partial charge is 0.145 e. The van der Waals surface area contributed by atoms with Crippen LogP contribution in [0, 0.1) is 11.3 Å². The Bertz CT molecular complexity index is 600. The number of aromatic nitrogens is 2. The molecule has 0 amide bonds. The van der Waals surface area contributed by atoms with Gasteiger partial charge < -0.3 is 5.32 Å². The highest BCUT2D eigenvalue weighted by atomic mass is 15.0. The molecule has 0 saturated heterocycles. The Morgan fingerprint density at radius 3 is 2.57 bits per heavy atom. The predicted octanol–water partition coefficient (Wildman–Crippen LogP) is 4.65. The standard InChI is InChI=1S/C18H25N3/c1-14(2)11-18(9-5-6-10-18)13-20-17-12-19-15-7-3-4-8-16(15)21-17/h3-4,7-8,12,14H,5-6,9-11,13H2,1-2H3,(H,20,21). The Hall–Kier alpha value is -1.64. The zero-order valence-electron chi connectivity index (χ0n) is 13.1. The molecule has 1 heterocycles. The molecular weight excluding hydrogens is 258 g/mol. The van der Waals surface area contributed by atoms with Gasteiger partial charge >= 0.3 is 0 Å². The fourth-order valence-electron chi connectivity index (χ4n) is 3.76. The summed E-state index contributed by atoms with van der Waals surface area (Å²) in [4.78, 5) is 9.16. The summed E-state index contributed by atoms with van der Waals surface area (Å²) in [6.45, 7) is 5.68. The van der Waals surface area contributed by atoms with Crippen LogP contribution in [0.5, 0.6) is 0 Å². The van der Waals surface area contributed by atoms with Crippen molar-refractivity contribution in [3.8, 4) is 0 Å². The Balaban J connectivity index is 1.72. The molecule has 1 fully saturated rings. The molecule has 3 nitrogen and oxygen atoms in total. The van der Waals surface area contributed by atoms with Crippen molar-refractivity contribution in [1.29, 1.82) is 0 Å². The average Bonchev–Trinajstić information content (AvgIpc) is 2.93. The van der Waals surface area contributed by atoms with Gasteiger partial charge in [0, 0.05) is 6.54 Å². The maximum atomic E-state index is 4.67. The molecule has 1 aromatic carbocycles. The van der Waals surface area contributed by atoms with Crippen LogP contribution in [0.2, 0.25) is 0 Å². The largest absolute Gasteiger partial charge is 0.368 e. The minimum absolute atomic E-state index is 0.460. The zero-order chi connectivity index (χ0) is 14.7. The van der Waals surface area contributed by atoms with Gasteiger partial charge in [-0.05, 0) is 42.7 Å². The quantitative estimate of drug-likeness (QED) is 0.868. The summed E-state index contributed by atoms with van der Waals surface area (Å²) in [5.74, 6) is 1.66. The molecule has 2 aromatic rings.